The first-order valence-corrected chi connectivity index (χ1v) is 5.01. The molecule has 0 saturated heterocycles. The molecule has 1 aromatic carbocycles. The van der Waals surface area contributed by atoms with E-state index < -0.39 is 12.2 Å². The molecule has 1 aromatic rings. The van der Waals surface area contributed by atoms with Gasteiger partial charge in [-0.2, -0.15) is 13.2 Å². The number of aryl methyl sites for hydroxylation is 1. The molecule has 16 heavy (non-hydrogen) atoms. The number of hydrogen-bond donors (Lipinski definition) is 1. The Bertz CT molecular complexity index is 389. The molecule has 0 saturated carbocycles. The van der Waals surface area contributed by atoms with Crippen LogP contribution >= 0.6 is 0 Å². The first-order chi connectivity index (χ1) is 7.50. The van der Waals surface area contributed by atoms with Crippen molar-refractivity contribution < 1.29 is 17.9 Å². The highest BCUT2D eigenvalue weighted by Crippen LogP contribution is 2.34. The van der Waals surface area contributed by atoms with Crippen LogP contribution in [0.25, 0.3) is 0 Å². The fourth-order valence-electron chi connectivity index (χ4n) is 1.85. The second kappa shape index (κ2) is 3.88. The van der Waals surface area contributed by atoms with Gasteiger partial charge in [-0.05, 0) is 36.6 Å². The molecular formula is C11H12F3NO. The summed E-state index contributed by atoms with van der Waals surface area (Å²) in [6, 6.07) is 3.62. The Morgan fingerprint density at radius 2 is 2.12 bits per heavy atom. The van der Waals surface area contributed by atoms with E-state index in [1.54, 1.807) is 18.2 Å². The molecule has 88 valence electrons. The lowest BCUT2D eigenvalue weighted by atomic mass is 9.97. The molecule has 5 heteroatoms. The van der Waals surface area contributed by atoms with Crippen LogP contribution in [-0.4, -0.2) is 19.3 Å². The molecule has 0 fully saturated rings. The monoisotopic (exact) mass is 231 g/mol. The molecule has 1 atom stereocenters. The van der Waals surface area contributed by atoms with Crippen LogP contribution in [0.5, 0.6) is 5.75 Å². The first-order valence-electron chi connectivity index (χ1n) is 5.01. The molecule has 1 aliphatic heterocycles. The Kier molecular flexibility index (Phi) is 2.69. The summed E-state index contributed by atoms with van der Waals surface area (Å²) in [5, 5.41) is 2.51. The van der Waals surface area contributed by atoms with E-state index in [-0.39, 0.29) is 6.42 Å². The summed E-state index contributed by atoms with van der Waals surface area (Å²) in [5.74, 6) is 0.672. The number of benzene rings is 1. The fraction of sp³-hybridized carbons (Fsp3) is 0.455. The summed E-state index contributed by atoms with van der Waals surface area (Å²) < 4.78 is 42.5. The lowest BCUT2D eigenvalue weighted by Gasteiger charge is -2.28. The van der Waals surface area contributed by atoms with Crippen molar-refractivity contribution in [3.8, 4) is 5.75 Å². The van der Waals surface area contributed by atoms with Crippen LogP contribution in [0.4, 0.5) is 18.9 Å². The van der Waals surface area contributed by atoms with Crippen molar-refractivity contribution in [1.29, 1.82) is 0 Å². The van der Waals surface area contributed by atoms with E-state index in [9.17, 15) is 13.2 Å². The zero-order chi connectivity index (χ0) is 11.8. The average Bonchev–Trinajstić information content (AvgIpc) is 2.26. The maximum Gasteiger partial charge on any atom is 0.408 e. The van der Waals surface area contributed by atoms with Crippen molar-refractivity contribution in [2.75, 3.05) is 12.4 Å². The Hall–Kier alpha value is -1.39. The minimum Gasteiger partial charge on any atom is -0.497 e. The number of methoxy groups -OCH3 is 1. The Morgan fingerprint density at radius 1 is 1.38 bits per heavy atom. The third kappa shape index (κ3) is 2.08. The van der Waals surface area contributed by atoms with Gasteiger partial charge in [0, 0.05) is 5.69 Å². The maximum atomic E-state index is 12.5. The van der Waals surface area contributed by atoms with Crippen molar-refractivity contribution in [2.45, 2.75) is 25.1 Å². The predicted molar refractivity (Wildman–Crippen MR) is 54.8 cm³/mol. The van der Waals surface area contributed by atoms with Crippen molar-refractivity contribution >= 4 is 5.69 Å². The summed E-state index contributed by atoms with van der Waals surface area (Å²) in [5.41, 5.74) is 1.43. The van der Waals surface area contributed by atoms with Crippen LogP contribution in [0.2, 0.25) is 0 Å². The summed E-state index contributed by atoms with van der Waals surface area (Å²) >= 11 is 0. The maximum absolute atomic E-state index is 12.5. The van der Waals surface area contributed by atoms with Crippen LogP contribution in [0.1, 0.15) is 12.0 Å². The summed E-state index contributed by atoms with van der Waals surface area (Å²) in [6.45, 7) is 0. The van der Waals surface area contributed by atoms with E-state index >= 15 is 0 Å². The second-order valence-corrected chi connectivity index (χ2v) is 3.80. The molecule has 1 N–H and O–H groups in total. The van der Waals surface area contributed by atoms with Crippen molar-refractivity contribution in [3.05, 3.63) is 23.8 Å². The third-order valence-electron chi connectivity index (χ3n) is 2.74. The van der Waals surface area contributed by atoms with Gasteiger partial charge in [-0.15, -0.1) is 0 Å². The standard InChI is InChI=1S/C11H12F3NO/c1-16-8-3-4-9-7(6-8)2-5-10(15-9)11(12,13)14/h3-4,6,10,15H,2,5H2,1H3. The van der Waals surface area contributed by atoms with Crippen LogP contribution in [0.15, 0.2) is 18.2 Å². The summed E-state index contributed by atoms with van der Waals surface area (Å²) in [6.07, 6.45) is -3.69. The van der Waals surface area contributed by atoms with E-state index in [1.165, 1.54) is 7.11 Å². The van der Waals surface area contributed by atoms with Gasteiger partial charge >= 0.3 is 6.18 Å². The number of ether oxygens (including phenoxy) is 1. The lowest BCUT2D eigenvalue weighted by Crippen LogP contribution is -2.39. The molecule has 1 aliphatic rings. The number of anilines is 1. The second-order valence-electron chi connectivity index (χ2n) is 3.80. The molecule has 0 aliphatic carbocycles. The number of rotatable bonds is 1. The van der Waals surface area contributed by atoms with Gasteiger partial charge in [0.25, 0.3) is 0 Å². The van der Waals surface area contributed by atoms with Gasteiger partial charge in [-0.1, -0.05) is 0 Å². The smallest absolute Gasteiger partial charge is 0.408 e. The van der Waals surface area contributed by atoms with Crippen molar-refractivity contribution in [1.82, 2.24) is 0 Å². The molecule has 0 amide bonds. The molecule has 0 bridgehead atoms. The lowest BCUT2D eigenvalue weighted by molar-refractivity contribution is -0.144. The number of hydrogen-bond acceptors (Lipinski definition) is 2. The molecule has 0 spiro atoms. The van der Waals surface area contributed by atoms with E-state index in [0.29, 0.717) is 17.9 Å². The molecule has 1 heterocycles. The summed E-state index contributed by atoms with van der Waals surface area (Å²) in [7, 11) is 1.54. The van der Waals surface area contributed by atoms with Crippen LogP contribution in [-0.2, 0) is 6.42 Å². The van der Waals surface area contributed by atoms with Gasteiger partial charge < -0.3 is 10.1 Å². The van der Waals surface area contributed by atoms with Gasteiger partial charge in [-0.25, -0.2) is 0 Å². The summed E-state index contributed by atoms with van der Waals surface area (Å²) in [4.78, 5) is 0. The minimum absolute atomic E-state index is 0.0731. The van der Waals surface area contributed by atoms with Gasteiger partial charge in [0.1, 0.15) is 11.8 Å². The molecule has 2 nitrogen and oxygen atoms in total. The highest BCUT2D eigenvalue weighted by atomic mass is 19.4. The van der Waals surface area contributed by atoms with E-state index in [2.05, 4.69) is 5.32 Å². The molecule has 1 unspecified atom stereocenters. The van der Waals surface area contributed by atoms with Crippen LogP contribution < -0.4 is 10.1 Å². The van der Waals surface area contributed by atoms with Gasteiger partial charge in [0.15, 0.2) is 0 Å². The number of fused-ring (bicyclic) bond motifs is 1. The molecular weight excluding hydrogens is 219 g/mol. The Labute approximate surface area is 91.4 Å². The SMILES string of the molecule is COc1ccc2c(c1)CCC(C(F)(F)F)N2. The predicted octanol–water partition coefficient (Wildman–Crippen LogP) is 2.98. The first kappa shape index (κ1) is 11.1. The Morgan fingerprint density at radius 3 is 2.75 bits per heavy atom. The van der Waals surface area contributed by atoms with Gasteiger partial charge in [0.2, 0.25) is 0 Å². The van der Waals surface area contributed by atoms with Gasteiger partial charge in [-0.3, -0.25) is 0 Å². The van der Waals surface area contributed by atoms with Gasteiger partial charge in [0.05, 0.1) is 7.11 Å². The third-order valence-corrected chi connectivity index (χ3v) is 2.74. The zero-order valence-electron chi connectivity index (χ0n) is 8.77. The molecule has 2 rings (SSSR count). The minimum atomic E-state index is -4.18. The number of halogens is 3. The highest BCUT2D eigenvalue weighted by molar-refractivity contribution is 5.56. The van der Waals surface area contributed by atoms with Crippen LogP contribution in [0.3, 0.4) is 0 Å². The van der Waals surface area contributed by atoms with Crippen molar-refractivity contribution in [3.63, 3.8) is 0 Å². The topological polar surface area (TPSA) is 21.3 Å². The zero-order valence-corrected chi connectivity index (χ0v) is 8.77. The average molecular weight is 231 g/mol. The van der Waals surface area contributed by atoms with Crippen LogP contribution in [0, 0.1) is 0 Å². The molecule has 0 aromatic heterocycles. The fourth-order valence-corrected chi connectivity index (χ4v) is 1.85. The Balaban J connectivity index is 2.22. The van der Waals surface area contributed by atoms with E-state index in [4.69, 9.17) is 4.74 Å². The molecule has 0 radical (unpaired) electrons. The normalized spacial score (nSPS) is 19.9. The van der Waals surface area contributed by atoms with Crippen molar-refractivity contribution in [2.24, 2.45) is 0 Å². The highest BCUT2D eigenvalue weighted by Gasteiger charge is 2.41. The number of nitrogens with one attached hydrogen (secondary N) is 1. The quantitative estimate of drug-likeness (QED) is 0.802. The van der Waals surface area contributed by atoms with E-state index in [1.807, 2.05) is 0 Å². The largest absolute Gasteiger partial charge is 0.497 e. The number of alkyl halides is 3. The van der Waals surface area contributed by atoms with E-state index in [0.717, 1.165) is 5.56 Å².